The molecule has 0 saturated heterocycles. The van der Waals surface area contributed by atoms with E-state index in [1.807, 2.05) is 0 Å². The molecule has 0 spiro atoms. The zero-order valence-electron chi connectivity index (χ0n) is 9.05. The standard InChI is InChI=1S/C9H9BrO5S.Na/c10-6-5-9(11)13-7-1-3-8(4-2-7)16-15-14-12;/h1-4,12H,5-6H2;/q;+1/p-1. The van der Waals surface area contributed by atoms with Crippen molar-refractivity contribution in [1.29, 1.82) is 0 Å². The maximum Gasteiger partial charge on any atom is 1.00 e. The predicted octanol–water partition coefficient (Wildman–Crippen LogP) is -1.39. The van der Waals surface area contributed by atoms with Crippen LogP contribution in [0.3, 0.4) is 0 Å². The maximum absolute atomic E-state index is 11.1. The number of alkyl halides is 1. The molecule has 0 N–H and O–H groups in total. The second-order valence-corrected chi connectivity index (χ2v) is 4.17. The quantitative estimate of drug-likeness (QED) is 0.122. The van der Waals surface area contributed by atoms with Gasteiger partial charge in [-0.1, -0.05) is 15.9 Å². The van der Waals surface area contributed by atoms with Gasteiger partial charge in [0.05, 0.1) is 18.5 Å². The molecular formula is C9H8BrNaO5S. The predicted molar refractivity (Wildman–Crippen MR) is 58.5 cm³/mol. The molecule has 17 heavy (non-hydrogen) atoms. The number of carbonyl (C=O) groups excluding carboxylic acids is 1. The average Bonchev–Trinajstić information content (AvgIpc) is 2.28. The van der Waals surface area contributed by atoms with Crippen LogP contribution in [0.4, 0.5) is 0 Å². The van der Waals surface area contributed by atoms with E-state index in [0.29, 0.717) is 22.4 Å². The summed E-state index contributed by atoms with van der Waals surface area (Å²) < 4.78 is 9.13. The molecule has 5 nitrogen and oxygen atoms in total. The molecule has 1 aromatic carbocycles. The van der Waals surface area contributed by atoms with Crippen molar-refractivity contribution in [3.63, 3.8) is 0 Å². The summed E-state index contributed by atoms with van der Waals surface area (Å²) >= 11 is 3.91. The van der Waals surface area contributed by atoms with Gasteiger partial charge in [-0.15, -0.1) is 0 Å². The summed E-state index contributed by atoms with van der Waals surface area (Å²) in [6.45, 7) is 0. The van der Waals surface area contributed by atoms with Gasteiger partial charge in [-0.3, -0.25) is 9.83 Å². The van der Waals surface area contributed by atoms with Gasteiger partial charge in [0.1, 0.15) is 5.75 Å². The van der Waals surface area contributed by atoms with E-state index in [-0.39, 0.29) is 35.5 Å². The third-order valence-electron chi connectivity index (χ3n) is 1.51. The Balaban J connectivity index is 0.00000256. The second kappa shape index (κ2) is 10.3. The Morgan fingerprint density at radius 1 is 1.35 bits per heavy atom. The SMILES string of the molecule is O=C(CCBr)Oc1ccc(SOO[O-])cc1.[Na+]. The molecule has 8 heteroatoms. The van der Waals surface area contributed by atoms with Gasteiger partial charge in [-0.2, -0.15) is 4.33 Å². The molecule has 0 aliphatic heterocycles. The Labute approximate surface area is 133 Å². The van der Waals surface area contributed by atoms with Crippen LogP contribution in [0.15, 0.2) is 29.2 Å². The number of hydrogen-bond acceptors (Lipinski definition) is 6. The molecule has 88 valence electrons. The zero-order chi connectivity index (χ0) is 11.8. The zero-order valence-corrected chi connectivity index (χ0v) is 13.5. The van der Waals surface area contributed by atoms with Crippen molar-refractivity contribution >= 4 is 33.9 Å². The Morgan fingerprint density at radius 3 is 2.53 bits per heavy atom. The van der Waals surface area contributed by atoms with E-state index in [1.165, 1.54) is 0 Å². The van der Waals surface area contributed by atoms with Gasteiger partial charge < -0.3 is 9.99 Å². The van der Waals surface area contributed by atoms with E-state index in [9.17, 15) is 10.1 Å². The average molecular weight is 331 g/mol. The Bertz CT molecular complexity index is 335. The molecule has 0 fully saturated rings. The van der Waals surface area contributed by atoms with E-state index < -0.39 is 0 Å². The molecule has 0 bridgehead atoms. The van der Waals surface area contributed by atoms with E-state index in [1.54, 1.807) is 24.3 Å². The van der Waals surface area contributed by atoms with Gasteiger partial charge in [0.15, 0.2) is 0 Å². The first kappa shape index (κ1) is 17.4. The number of rotatable bonds is 6. The summed E-state index contributed by atoms with van der Waals surface area (Å²) in [5.74, 6) is 0.134. The molecule has 0 heterocycles. The van der Waals surface area contributed by atoms with Crippen LogP contribution in [-0.4, -0.2) is 11.3 Å². The van der Waals surface area contributed by atoms with Gasteiger partial charge in [0.2, 0.25) is 0 Å². The minimum atomic E-state index is -0.309. The van der Waals surface area contributed by atoms with Crippen molar-refractivity contribution in [2.75, 3.05) is 5.33 Å². The Morgan fingerprint density at radius 2 is 2.00 bits per heavy atom. The fourth-order valence-electron chi connectivity index (χ4n) is 0.876. The fraction of sp³-hybridized carbons (Fsp3) is 0.222. The van der Waals surface area contributed by atoms with Gasteiger partial charge in [-0.05, 0) is 24.3 Å². The van der Waals surface area contributed by atoms with Gasteiger partial charge in [-0.25, -0.2) is 0 Å². The molecule has 0 aliphatic rings. The van der Waals surface area contributed by atoms with Crippen LogP contribution in [0.5, 0.6) is 5.75 Å². The minimum absolute atomic E-state index is 0. The first-order chi connectivity index (χ1) is 7.76. The van der Waals surface area contributed by atoms with Crippen LogP contribution in [0, 0.1) is 0 Å². The smallest absolute Gasteiger partial charge is 0.691 e. The summed E-state index contributed by atoms with van der Waals surface area (Å²) in [6, 6.07) is 6.48. The fourth-order valence-corrected chi connectivity index (χ4v) is 1.55. The summed E-state index contributed by atoms with van der Waals surface area (Å²) in [4.78, 5) is 11.8. The number of hydrogen-bond donors (Lipinski definition) is 0. The molecule has 0 amide bonds. The first-order valence-corrected chi connectivity index (χ1v) is 6.12. The third kappa shape index (κ3) is 7.43. The van der Waals surface area contributed by atoms with Crippen molar-refractivity contribution in [2.24, 2.45) is 0 Å². The molecular weight excluding hydrogens is 323 g/mol. The summed E-state index contributed by atoms with van der Waals surface area (Å²) in [5.41, 5.74) is 0. The van der Waals surface area contributed by atoms with Gasteiger partial charge in [0, 0.05) is 10.2 Å². The van der Waals surface area contributed by atoms with E-state index in [2.05, 4.69) is 25.3 Å². The monoisotopic (exact) mass is 330 g/mol. The summed E-state index contributed by atoms with van der Waals surface area (Å²) in [6.07, 6.45) is 0.309. The van der Waals surface area contributed by atoms with Crippen LogP contribution in [0.25, 0.3) is 0 Å². The Hall–Kier alpha value is 0.400. The molecule has 0 unspecified atom stereocenters. The number of carbonyl (C=O) groups is 1. The molecule has 0 radical (unpaired) electrons. The number of esters is 1. The Kier molecular flexibility index (Phi) is 10.6. The van der Waals surface area contributed by atoms with Crippen molar-refractivity contribution in [3.8, 4) is 5.75 Å². The van der Waals surface area contributed by atoms with E-state index in [4.69, 9.17) is 4.74 Å². The van der Waals surface area contributed by atoms with Crippen molar-refractivity contribution in [3.05, 3.63) is 24.3 Å². The summed E-state index contributed by atoms with van der Waals surface area (Å²) in [5, 5.41) is 13.3. The van der Waals surface area contributed by atoms with Crippen LogP contribution in [0.2, 0.25) is 0 Å². The topological polar surface area (TPSA) is 67.8 Å². The van der Waals surface area contributed by atoms with Crippen LogP contribution in [-0.2, 0) is 14.2 Å². The van der Waals surface area contributed by atoms with Crippen LogP contribution < -0.4 is 39.6 Å². The van der Waals surface area contributed by atoms with Crippen LogP contribution >= 0.6 is 28.0 Å². The molecule has 1 rings (SSSR count). The van der Waals surface area contributed by atoms with Crippen molar-refractivity contribution < 1.29 is 53.7 Å². The van der Waals surface area contributed by atoms with Gasteiger partial charge >= 0.3 is 35.5 Å². The molecule has 0 atom stereocenters. The first-order valence-electron chi connectivity index (χ1n) is 4.26. The summed E-state index contributed by atoms with van der Waals surface area (Å²) in [7, 11) is 0. The molecule has 0 aliphatic carbocycles. The molecule has 1 aromatic rings. The second-order valence-electron chi connectivity index (χ2n) is 2.60. The molecule has 0 saturated carbocycles. The number of halogens is 1. The van der Waals surface area contributed by atoms with Crippen LogP contribution in [0.1, 0.15) is 6.42 Å². The van der Waals surface area contributed by atoms with Crippen molar-refractivity contribution in [1.82, 2.24) is 0 Å². The number of ether oxygens (including phenoxy) is 1. The van der Waals surface area contributed by atoms with E-state index >= 15 is 0 Å². The van der Waals surface area contributed by atoms with Crippen molar-refractivity contribution in [2.45, 2.75) is 11.3 Å². The normalized spacial score (nSPS) is 9.53. The third-order valence-corrected chi connectivity index (χ3v) is 2.50. The van der Waals surface area contributed by atoms with E-state index in [0.717, 1.165) is 12.0 Å². The number of benzene rings is 1. The minimum Gasteiger partial charge on any atom is -0.691 e. The van der Waals surface area contributed by atoms with Gasteiger partial charge in [0.25, 0.3) is 0 Å². The largest absolute Gasteiger partial charge is 1.00 e. The molecule has 0 aromatic heterocycles. The maximum atomic E-state index is 11.1.